The minimum atomic E-state index is -0.299. The predicted molar refractivity (Wildman–Crippen MR) is 81.7 cm³/mol. The molecule has 0 aromatic carbocycles. The standard InChI is InChI=1S/C17H29NO3/c1-2-3-4-13-7-9-15(10-8-13)17(20)18-11-16(19)21-12-14-5-6-14/h13-15H,2-12H2,1H3,(H,18,20). The van der Waals surface area contributed by atoms with Crippen LogP contribution < -0.4 is 5.32 Å². The lowest BCUT2D eigenvalue weighted by Gasteiger charge is -2.27. The predicted octanol–water partition coefficient (Wildman–Crippen LogP) is 3.05. The first kappa shape index (κ1) is 16.3. The van der Waals surface area contributed by atoms with E-state index < -0.39 is 0 Å². The van der Waals surface area contributed by atoms with Crippen LogP contribution in [0, 0.1) is 17.8 Å². The molecule has 0 unspecified atom stereocenters. The van der Waals surface area contributed by atoms with Crippen LogP contribution in [-0.4, -0.2) is 25.0 Å². The fourth-order valence-corrected chi connectivity index (χ4v) is 3.06. The zero-order chi connectivity index (χ0) is 15.1. The third-order valence-corrected chi connectivity index (χ3v) is 4.77. The molecule has 2 rings (SSSR count). The van der Waals surface area contributed by atoms with Gasteiger partial charge in [0.1, 0.15) is 6.54 Å². The van der Waals surface area contributed by atoms with Gasteiger partial charge in [0.25, 0.3) is 0 Å². The molecule has 0 atom stereocenters. The fourth-order valence-electron chi connectivity index (χ4n) is 3.06. The third kappa shape index (κ3) is 6.06. The molecule has 0 saturated heterocycles. The van der Waals surface area contributed by atoms with Crippen molar-refractivity contribution in [2.24, 2.45) is 17.8 Å². The Morgan fingerprint density at radius 2 is 1.71 bits per heavy atom. The molecule has 0 aromatic rings. The van der Waals surface area contributed by atoms with E-state index in [-0.39, 0.29) is 24.3 Å². The highest BCUT2D eigenvalue weighted by molar-refractivity contribution is 5.83. The highest BCUT2D eigenvalue weighted by atomic mass is 16.5. The summed E-state index contributed by atoms with van der Waals surface area (Å²) in [6.07, 6.45) is 10.4. The number of carbonyl (C=O) groups excluding carboxylic acids is 2. The summed E-state index contributed by atoms with van der Waals surface area (Å²) in [7, 11) is 0. The van der Waals surface area contributed by atoms with Crippen molar-refractivity contribution in [1.82, 2.24) is 5.32 Å². The Morgan fingerprint density at radius 3 is 2.33 bits per heavy atom. The average molecular weight is 295 g/mol. The number of rotatable bonds is 8. The van der Waals surface area contributed by atoms with E-state index in [1.165, 1.54) is 32.1 Å². The lowest BCUT2D eigenvalue weighted by atomic mass is 9.79. The Kier molecular flexibility index (Phi) is 6.52. The van der Waals surface area contributed by atoms with Gasteiger partial charge in [0.15, 0.2) is 0 Å². The summed E-state index contributed by atoms with van der Waals surface area (Å²) < 4.78 is 5.11. The van der Waals surface area contributed by atoms with Gasteiger partial charge in [-0.25, -0.2) is 0 Å². The van der Waals surface area contributed by atoms with Gasteiger partial charge >= 0.3 is 5.97 Å². The van der Waals surface area contributed by atoms with Crippen LogP contribution in [0.15, 0.2) is 0 Å². The third-order valence-electron chi connectivity index (χ3n) is 4.77. The zero-order valence-corrected chi connectivity index (χ0v) is 13.2. The van der Waals surface area contributed by atoms with E-state index in [1.807, 2.05) is 0 Å². The lowest BCUT2D eigenvalue weighted by molar-refractivity contribution is -0.144. The van der Waals surface area contributed by atoms with Gasteiger partial charge in [-0.1, -0.05) is 26.2 Å². The minimum Gasteiger partial charge on any atom is -0.464 e. The first-order valence-electron chi connectivity index (χ1n) is 8.62. The molecule has 0 aromatic heterocycles. The molecule has 4 heteroatoms. The second-order valence-electron chi connectivity index (χ2n) is 6.70. The number of hydrogen-bond donors (Lipinski definition) is 1. The summed E-state index contributed by atoms with van der Waals surface area (Å²) >= 11 is 0. The van der Waals surface area contributed by atoms with E-state index in [4.69, 9.17) is 4.74 Å². The van der Waals surface area contributed by atoms with Crippen molar-refractivity contribution in [1.29, 1.82) is 0 Å². The highest BCUT2D eigenvalue weighted by Crippen LogP contribution is 2.32. The molecule has 0 bridgehead atoms. The van der Waals surface area contributed by atoms with Gasteiger partial charge in [-0.05, 0) is 50.4 Å². The van der Waals surface area contributed by atoms with Crippen molar-refractivity contribution < 1.29 is 14.3 Å². The molecule has 2 fully saturated rings. The number of hydrogen-bond acceptors (Lipinski definition) is 3. The highest BCUT2D eigenvalue weighted by Gasteiger charge is 2.27. The second kappa shape index (κ2) is 8.40. The summed E-state index contributed by atoms with van der Waals surface area (Å²) in [5, 5.41) is 2.74. The minimum absolute atomic E-state index is 0.0291. The Balaban J connectivity index is 1.57. The van der Waals surface area contributed by atoms with Crippen LogP contribution in [0.25, 0.3) is 0 Å². The number of nitrogens with one attached hydrogen (secondary N) is 1. The summed E-state index contributed by atoms with van der Waals surface area (Å²) in [5.41, 5.74) is 0. The van der Waals surface area contributed by atoms with Gasteiger partial charge in [0.2, 0.25) is 5.91 Å². The number of carbonyl (C=O) groups is 2. The molecule has 4 nitrogen and oxygen atoms in total. The topological polar surface area (TPSA) is 55.4 Å². The molecule has 0 radical (unpaired) electrons. The van der Waals surface area contributed by atoms with E-state index in [2.05, 4.69) is 12.2 Å². The lowest BCUT2D eigenvalue weighted by Crippen LogP contribution is -2.37. The number of ether oxygens (including phenoxy) is 1. The van der Waals surface area contributed by atoms with Crippen LogP contribution in [0.2, 0.25) is 0 Å². The van der Waals surface area contributed by atoms with Crippen LogP contribution in [0.4, 0.5) is 0 Å². The van der Waals surface area contributed by atoms with Crippen molar-refractivity contribution in [2.75, 3.05) is 13.2 Å². The van der Waals surface area contributed by atoms with Crippen LogP contribution >= 0.6 is 0 Å². The Labute approximate surface area is 128 Å². The Morgan fingerprint density at radius 1 is 1.05 bits per heavy atom. The second-order valence-corrected chi connectivity index (χ2v) is 6.70. The fraction of sp³-hybridized carbons (Fsp3) is 0.882. The zero-order valence-electron chi connectivity index (χ0n) is 13.2. The van der Waals surface area contributed by atoms with Crippen molar-refractivity contribution >= 4 is 11.9 Å². The van der Waals surface area contributed by atoms with Crippen molar-refractivity contribution in [2.45, 2.75) is 64.7 Å². The smallest absolute Gasteiger partial charge is 0.325 e. The van der Waals surface area contributed by atoms with Crippen LogP contribution in [0.1, 0.15) is 64.7 Å². The summed E-state index contributed by atoms with van der Waals surface area (Å²) in [4.78, 5) is 23.6. The molecule has 2 saturated carbocycles. The SMILES string of the molecule is CCCCC1CCC(C(=O)NCC(=O)OCC2CC2)CC1. The Hall–Kier alpha value is -1.06. The largest absolute Gasteiger partial charge is 0.464 e. The van der Waals surface area contributed by atoms with E-state index >= 15 is 0 Å². The summed E-state index contributed by atoms with van der Waals surface area (Å²) in [6.45, 7) is 2.78. The molecule has 1 N–H and O–H groups in total. The van der Waals surface area contributed by atoms with E-state index in [1.54, 1.807) is 0 Å². The van der Waals surface area contributed by atoms with E-state index in [9.17, 15) is 9.59 Å². The Bertz CT molecular complexity index is 344. The maximum absolute atomic E-state index is 12.1. The van der Waals surface area contributed by atoms with E-state index in [0.717, 1.165) is 31.6 Å². The summed E-state index contributed by atoms with van der Waals surface area (Å²) in [6, 6.07) is 0. The van der Waals surface area contributed by atoms with Crippen molar-refractivity contribution in [3.8, 4) is 0 Å². The van der Waals surface area contributed by atoms with Crippen LogP contribution in [0.3, 0.4) is 0 Å². The molecule has 0 aliphatic heterocycles. The molecule has 1 amide bonds. The molecule has 2 aliphatic carbocycles. The van der Waals surface area contributed by atoms with Gasteiger partial charge in [-0.2, -0.15) is 0 Å². The molecular formula is C17H29NO3. The van der Waals surface area contributed by atoms with Gasteiger partial charge in [-0.3, -0.25) is 9.59 Å². The van der Waals surface area contributed by atoms with Crippen LogP contribution in [0.5, 0.6) is 0 Å². The molecule has 0 spiro atoms. The molecule has 2 aliphatic rings. The quantitative estimate of drug-likeness (QED) is 0.700. The molecule has 21 heavy (non-hydrogen) atoms. The number of esters is 1. The monoisotopic (exact) mass is 295 g/mol. The van der Waals surface area contributed by atoms with Crippen LogP contribution in [-0.2, 0) is 14.3 Å². The molecule has 120 valence electrons. The maximum Gasteiger partial charge on any atom is 0.325 e. The molecular weight excluding hydrogens is 266 g/mol. The average Bonchev–Trinajstić information content (AvgIpc) is 3.33. The van der Waals surface area contributed by atoms with Gasteiger partial charge in [0, 0.05) is 5.92 Å². The van der Waals surface area contributed by atoms with E-state index in [0.29, 0.717) is 12.5 Å². The van der Waals surface area contributed by atoms with Gasteiger partial charge in [-0.15, -0.1) is 0 Å². The number of unbranched alkanes of at least 4 members (excludes halogenated alkanes) is 1. The van der Waals surface area contributed by atoms with Crippen molar-refractivity contribution in [3.05, 3.63) is 0 Å². The molecule has 0 heterocycles. The number of amides is 1. The van der Waals surface area contributed by atoms with Crippen molar-refractivity contribution in [3.63, 3.8) is 0 Å². The van der Waals surface area contributed by atoms with Gasteiger partial charge in [0.05, 0.1) is 6.61 Å². The van der Waals surface area contributed by atoms with Gasteiger partial charge < -0.3 is 10.1 Å². The summed E-state index contributed by atoms with van der Waals surface area (Å²) in [5.74, 6) is 1.21. The normalized spacial score (nSPS) is 25.4. The first-order valence-corrected chi connectivity index (χ1v) is 8.62. The maximum atomic E-state index is 12.1. The first-order chi connectivity index (χ1) is 10.2.